The Kier molecular flexibility index (Phi) is 4.40. The lowest BCUT2D eigenvalue weighted by atomic mass is 10.2. The third kappa shape index (κ3) is 6.28. The Bertz CT molecular complexity index is 219. The second kappa shape index (κ2) is 4.83. The molecule has 0 spiro atoms. The van der Waals surface area contributed by atoms with Gasteiger partial charge in [0, 0.05) is 14.0 Å². The summed E-state index contributed by atoms with van der Waals surface area (Å²) in [6.45, 7) is 7.52. The minimum Gasteiger partial charge on any atom is -0.444 e. The predicted octanol–water partition coefficient (Wildman–Crippen LogP) is 1.54. The number of hydrogen-bond donors (Lipinski definition) is 0. The van der Waals surface area contributed by atoms with E-state index in [9.17, 15) is 9.59 Å². The molecule has 0 unspecified atom stereocenters. The van der Waals surface area contributed by atoms with E-state index in [4.69, 9.17) is 4.74 Å². The van der Waals surface area contributed by atoms with Crippen LogP contribution in [0.3, 0.4) is 0 Å². The lowest BCUT2D eigenvalue weighted by Crippen LogP contribution is -2.33. The fourth-order valence-corrected chi connectivity index (χ4v) is 0.530. The van der Waals surface area contributed by atoms with E-state index in [0.717, 1.165) is 11.6 Å². The second-order valence-electron chi connectivity index (χ2n) is 3.81. The second-order valence-corrected chi connectivity index (χ2v) is 3.81. The summed E-state index contributed by atoms with van der Waals surface area (Å²) in [6, 6.07) is 0. The van der Waals surface area contributed by atoms with Crippen molar-refractivity contribution in [3.05, 3.63) is 6.73 Å². The number of carbonyl (C=O) groups is 2. The van der Waals surface area contributed by atoms with Crippen molar-refractivity contribution in [3.63, 3.8) is 0 Å². The summed E-state index contributed by atoms with van der Waals surface area (Å²) in [5.74, 6) is -0.486. The summed E-state index contributed by atoms with van der Waals surface area (Å²) in [5, 5.41) is 0. The summed E-state index contributed by atoms with van der Waals surface area (Å²) < 4.78 is 9.50. The number of amides is 1. The molecule has 81 valence electrons. The zero-order valence-electron chi connectivity index (χ0n) is 9.16. The zero-order valence-corrected chi connectivity index (χ0v) is 9.16. The normalized spacial score (nSPS) is 10.6. The van der Waals surface area contributed by atoms with Crippen LogP contribution >= 0.6 is 0 Å². The van der Waals surface area contributed by atoms with Crippen LogP contribution in [0, 0.1) is 6.73 Å². The van der Waals surface area contributed by atoms with E-state index >= 15 is 0 Å². The van der Waals surface area contributed by atoms with Crippen molar-refractivity contribution in [1.82, 2.24) is 4.90 Å². The Morgan fingerprint density at radius 1 is 1.29 bits per heavy atom. The van der Waals surface area contributed by atoms with Crippen molar-refractivity contribution in [2.75, 3.05) is 7.05 Å². The van der Waals surface area contributed by atoms with Gasteiger partial charge in [0.05, 0.1) is 0 Å². The van der Waals surface area contributed by atoms with Crippen LogP contribution in [-0.2, 0) is 14.3 Å². The van der Waals surface area contributed by atoms with E-state index in [1.54, 1.807) is 20.8 Å². The molecular formula is C9H16NO4. The van der Waals surface area contributed by atoms with Crippen molar-refractivity contribution in [2.24, 2.45) is 0 Å². The van der Waals surface area contributed by atoms with Gasteiger partial charge >= 0.3 is 12.1 Å². The van der Waals surface area contributed by atoms with Gasteiger partial charge in [-0.25, -0.2) is 4.79 Å². The number of hydrogen-bond acceptors (Lipinski definition) is 4. The van der Waals surface area contributed by atoms with Crippen LogP contribution in [0.2, 0.25) is 0 Å². The maximum absolute atomic E-state index is 11.3. The van der Waals surface area contributed by atoms with Crippen molar-refractivity contribution in [1.29, 1.82) is 0 Å². The van der Waals surface area contributed by atoms with E-state index in [-0.39, 0.29) is 0 Å². The highest BCUT2D eigenvalue weighted by Gasteiger charge is 2.20. The Morgan fingerprint density at radius 3 is 2.14 bits per heavy atom. The van der Waals surface area contributed by atoms with Crippen LogP contribution in [0.5, 0.6) is 0 Å². The number of esters is 1. The van der Waals surface area contributed by atoms with Crippen molar-refractivity contribution in [3.8, 4) is 0 Å². The monoisotopic (exact) mass is 202 g/mol. The van der Waals surface area contributed by atoms with Gasteiger partial charge in [-0.2, -0.15) is 0 Å². The van der Waals surface area contributed by atoms with Gasteiger partial charge in [-0.1, -0.05) is 0 Å². The highest BCUT2D eigenvalue weighted by Crippen LogP contribution is 2.09. The van der Waals surface area contributed by atoms with Gasteiger partial charge in [-0.15, -0.1) is 0 Å². The summed E-state index contributed by atoms with van der Waals surface area (Å²) in [7, 11) is 1.44. The Labute approximate surface area is 84.0 Å². The van der Waals surface area contributed by atoms with Gasteiger partial charge in [-0.05, 0) is 20.8 Å². The molecule has 0 aliphatic heterocycles. The van der Waals surface area contributed by atoms with Crippen molar-refractivity contribution < 1.29 is 19.1 Å². The van der Waals surface area contributed by atoms with Crippen molar-refractivity contribution in [2.45, 2.75) is 33.3 Å². The maximum Gasteiger partial charge on any atom is 0.413 e. The van der Waals surface area contributed by atoms with Crippen molar-refractivity contribution >= 4 is 12.1 Å². The first-order valence-corrected chi connectivity index (χ1v) is 4.19. The number of ether oxygens (including phenoxy) is 2. The van der Waals surface area contributed by atoms with Gasteiger partial charge in [0.15, 0.2) is 0 Å². The molecule has 5 heteroatoms. The molecule has 0 rings (SSSR count). The van der Waals surface area contributed by atoms with Gasteiger partial charge < -0.3 is 9.47 Å². The first kappa shape index (κ1) is 12.7. The molecule has 0 aliphatic carbocycles. The average Bonchev–Trinajstić information content (AvgIpc) is 1.96. The fraction of sp³-hybridized carbons (Fsp3) is 0.667. The number of nitrogens with zero attached hydrogens (tertiary/aromatic N) is 1. The van der Waals surface area contributed by atoms with E-state index < -0.39 is 17.7 Å². The third-order valence-corrected chi connectivity index (χ3v) is 1.06. The standard InChI is InChI=1S/C9H16NO4/c1-7(11)13-6-10(5)8(12)14-9(2,3)4/h6H,1-5H3. The minimum atomic E-state index is -0.571. The SMILES string of the molecule is CC(=O)O[CH]N(C)C(=O)OC(C)(C)C. The quantitative estimate of drug-likeness (QED) is 0.637. The molecule has 0 heterocycles. The van der Waals surface area contributed by atoms with Crippen LogP contribution in [0.25, 0.3) is 0 Å². The Morgan fingerprint density at radius 2 is 1.79 bits per heavy atom. The third-order valence-electron chi connectivity index (χ3n) is 1.06. The molecule has 0 bridgehead atoms. The Balaban J connectivity index is 3.94. The molecule has 0 aromatic carbocycles. The average molecular weight is 202 g/mol. The molecule has 0 saturated heterocycles. The number of carbonyl (C=O) groups excluding carboxylic acids is 2. The largest absolute Gasteiger partial charge is 0.444 e. The molecule has 0 saturated carbocycles. The lowest BCUT2D eigenvalue weighted by Gasteiger charge is -2.23. The lowest BCUT2D eigenvalue weighted by molar-refractivity contribution is -0.139. The molecule has 0 atom stereocenters. The first-order valence-electron chi connectivity index (χ1n) is 4.19. The molecule has 14 heavy (non-hydrogen) atoms. The van der Waals surface area contributed by atoms with Crippen LogP contribution in [0.4, 0.5) is 4.79 Å². The molecule has 0 fully saturated rings. The zero-order chi connectivity index (χ0) is 11.4. The van der Waals surface area contributed by atoms with Crippen LogP contribution in [-0.4, -0.2) is 29.6 Å². The highest BCUT2D eigenvalue weighted by atomic mass is 16.6. The van der Waals surface area contributed by atoms with Crippen LogP contribution in [0.1, 0.15) is 27.7 Å². The smallest absolute Gasteiger partial charge is 0.413 e. The van der Waals surface area contributed by atoms with E-state index in [1.807, 2.05) is 0 Å². The summed E-state index contributed by atoms with van der Waals surface area (Å²) in [5.41, 5.74) is -0.560. The molecular weight excluding hydrogens is 186 g/mol. The molecule has 0 aromatic rings. The van der Waals surface area contributed by atoms with Gasteiger partial charge in [0.25, 0.3) is 0 Å². The van der Waals surface area contributed by atoms with Gasteiger partial charge in [-0.3, -0.25) is 9.69 Å². The highest BCUT2D eigenvalue weighted by molar-refractivity contribution is 5.70. The predicted molar refractivity (Wildman–Crippen MR) is 50.1 cm³/mol. The molecule has 0 aliphatic rings. The first-order chi connectivity index (χ1) is 6.22. The van der Waals surface area contributed by atoms with E-state index in [0.29, 0.717) is 0 Å². The summed E-state index contributed by atoms with van der Waals surface area (Å²) >= 11 is 0. The number of rotatable bonds is 2. The maximum atomic E-state index is 11.3. The van der Waals surface area contributed by atoms with Crippen LogP contribution < -0.4 is 0 Å². The van der Waals surface area contributed by atoms with E-state index in [2.05, 4.69) is 4.74 Å². The molecule has 0 N–H and O–H groups in total. The van der Waals surface area contributed by atoms with E-state index in [1.165, 1.54) is 14.0 Å². The van der Waals surface area contributed by atoms with Crippen LogP contribution in [0.15, 0.2) is 0 Å². The molecule has 0 aromatic heterocycles. The summed E-state index contributed by atoms with van der Waals surface area (Å²) in [4.78, 5) is 22.7. The minimum absolute atomic E-state index is 0.486. The Hall–Kier alpha value is -1.26. The molecule has 1 amide bonds. The van der Waals surface area contributed by atoms with Gasteiger partial charge in [0.2, 0.25) is 6.73 Å². The topological polar surface area (TPSA) is 55.8 Å². The fourth-order valence-electron chi connectivity index (χ4n) is 0.530. The van der Waals surface area contributed by atoms with Gasteiger partial charge in [0.1, 0.15) is 5.60 Å². The molecule has 5 nitrogen and oxygen atoms in total. The molecule has 1 radical (unpaired) electrons. The summed E-state index contributed by atoms with van der Waals surface area (Å²) in [6.07, 6.45) is -0.571.